The molecule has 0 spiro atoms. The fourth-order valence-corrected chi connectivity index (χ4v) is 7.58. The maximum Gasteiger partial charge on any atom is 0.418 e. The summed E-state index contributed by atoms with van der Waals surface area (Å²) in [5, 5.41) is 11.0. The zero-order valence-electron chi connectivity index (χ0n) is 28.2. The van der Waals surface area contributed by atoms with Crippen molar-refractivity contribution in [1.29, 1.82) is 0 Å². The Balaban J connectivity index is 1.09. The topological polar surface area (TPSA) is 102 Å². The molecule has 0 unspecified atom stereocenters. The van der Waals surface area contributed by atoms with E-state index >= 15 is 0 Å². The zero-order chi connectivity index (χ0) is 35.3. The molecule has 12 heteroatoms. The predicted octanol–water partition coefficient (Wildman–Crippen LogP) is 6.93. The van der Waals surface area contributed by atoms with E-state index in [9.17, 15) is 22.8 Å². The van der Waals surface area contributed by atoms with Gasteiger partial charge in [-0.25, -0.2) is 4.98 Å². The molecule has 0 saturated carbocycles. The molecule has 0 bridgehead atoms. The summed E-state index contributed by atoms with van der Waals surface area (Å²) < 4.78 is 44.2. The molecule has 2 amide bonds. The Labute approximate surface area is 293 Å². The highest BCUT2D eigenvalue weighted by Gasteiger charge is 2.37. The van der Waals surface area contributed by atoms with Crippen LogP contribution in [0, 0.1) is 5.92 Å². The first kappa shape index (κ1) is 32.9. The first-order chi connectivity index (χ1) is 24.6. The zero-order valence-corrected chi connectivity index (χ0v) is 28.2. The van der Waals surface area contributed by atoms with Crippen LogP contribution in [-0.2, 0) is 15.8 Å². The molecule has 5 aromatic rings. The number of para-hydroxylation sites is 1. The van der Waals surface area contributed by atoms with E-state index in [1.54, 1.807) is 17.2 Å². The molecule has 3 aliphatic heterocycles. The van der Waals surface area contributed by atoms with Crippen LogP contribution < -0.4 is 20.9 Å². The Morgan fingerprint density at radius 1 is 0.863 bits per heavy atom. The van der Waals surface area contributed by atoms with Crippen molar-refractivity contribution in [3.05, 3.63) is 78.5 Å². The van der Waals surface area contributed by atoms with Crippen LogP contribution in [0.3, 0.4) is 0 Å². The smallest absolute Gasteiger partial charge is 0.374 e. The number of carbonyl (C=O) groups is 2. The fraction of sp³-hybridized carbons (Fsp3) is 0.333. The molecule has 0 aliphatic carbocycles. The number of halogens is 3. The molecule has 9 nitrogen and oxygen atoms in total. The van der Waals surface area contributed by atoms with Crippen molar-refractivity contribution in [2.75, 3.05) is 55.3 Å². The van der Waals surface area contributed by atoms with E-state index in [1.165, 1.54) is 6.07 Å². The monoisotopic (exact) mass is 693 g/mol. The molecule has 2 aromatic heterocycles. The molecule has 0 atom stereocenters. The highest BCUT2D eigenvalue weighted by Crippen LogP contribution is 2.45. The second-order valence-corrected chi connectivity index (χ2v) is 13.8. The van der Waals surface area contributed by atoms with Gasteiger partial charge < -0.3 is 25.8 Å². The van der Waals surface area contributed by atoms with Crippen LogP contribution >= 0.6 is 0 Å². The van der Waals surface area contributed by atoms with Crippen molar-refractivity contribution in [2.24, 2.45) is 5.92 Å². The maximum atomic E-state index is 14.7. The van der Waals surface area contributed by atoms with Crippen LogP contribution in [0.25, 0.3) is 44.2 Å². The lowest BCUT2D eigenvalue weighted by molar-refractivity contribution is -0.137. The number of pyridine rings is 2. The van der Waals surface area contributed by atoms with Crippen LogP contribution in [0.15, 0.2) is 72.9 Å². The Morgan fingerprint density at radius 3 is 2.41 bits per heavy atom. The van der Waals surface area contributed by atoms with Gasteiger partial charge in [-0.05, 0) is 87.8 Å². The lowest BCUT2D eigenvalue weighted by Gasteiger charge is -2.36. The summed E-state index contributed by atoms with van der Waals surface area (Å²) in [6, 6.07) is 20.0. The first-order valence-electron chi connectivity index (χ1n) is 17.4. The summed E-state index contributed by atoms with van der Waals surface area (Å²) in [5.74, 6) is -0.536. The van der Waals surface area contributed by atoms with Gasteiger partial charge in [0.2, 0.25) is 11.8 Å². The van der Waals surface area contributed by atoms with Crippen molar-refractivity contribution in [2.45, 2.75) is 37.9 Å². The summed E-state index contributed by atoms with van der Waals surface area (Å²) in [6.45, 7) is 2.57. The number of piperidine rings is 2. The molecule has 5 heterocycles. The summed E-state index contributed by atoms with van der Waals surface area (Å²) in [4.78, 5) is 39.0. The number of likely N-dealkylation sites (tertiary alicyclic amines) is 1. The van der Waals surface area contributed by atoms with Gasteiger partial charge in [-0.1, -0.05) is 30.3 Å². The number of rotatable bonds is 5. The van der Waals surface area contributed by atoms with Gasteiger partial charge in [0.05, 0.1) is 40.2 Å². The molecular weight excluding hydrogens is 655 g/mol. The minimum atomic E-state index is -4.64. The van der Waals surface area contributed by atoms with Gasteiger partial charge in [-0.3, -0.25) is 14.6 Å². The highest BCUT2D eigenvalue weighted by atomic mass is 19.4. The normalized spacial score (nSPS) is 17.6. The molecular formula is C39H38F3N7O2. The van der Waals surface area contributed by atoms with Crippen molar-refractivity contribution < 1.29 is 22.8 Å². The van der Waals surface area contributed by atoms with Crippen LogP contribution in [-0.4, -0.2) is 72.5 Å². The number of nitrogens with zero attached hydrogens (tertiary/aromatic N) is 4. The van der Waals surface area contributed by atoms with E-state index in [0.717, 1.165) is 59.4 Å². The number of aromatic nitrogens is 2. The SMILES string of the molecule is CN1CCC(NC(=O)C2CCN(c3ccc(-c4nc5ccc(-c6cnc7ccccc7c6)cc5c5c4NC(=O)CN5)cc3C(F)(F)F)CC2)CC1. The number of fused-ring (bicyclic) bond motifs is 4. The van der Waals surface area contributed by atoms with E-state index in [-0.39, 0.29) is 47.3 Å². The summed E-state index contributed by atoms with van der Waals surface area (Å²) in [7, 11) is 2.07. The van der Waals surface area contributed by atoms with E-state index in [0.29, 0.717) is 42.8 Å². The highest BCUT2D eigenvalue weighted by molar-refractivity contribution is 6.13. The van der Waals surface area contributed by atoms with Crippen LogP contribution in [0.4, 0.5) is 30.2 Å². The lowest BCUT2D eigenvalue weighted by Crippen LogP contribution is -2.47. The third kappa shape index (κ3) is 6.56. The Kier molecular flexibility index (Phi) is 8.49. The minimum absolute atomic E-state index is 0.000504. The lowest BCUT2D eigenvalue weighted by atomic mass is 9.93. The second kappa shape index (κ2) is 13.1. The molecule has 3 N–H and O–H groups in total. The molecule has 262 valence electrons. The average molecular weight is 694 g/mol. The van der Waals surface area contributed by atoms with Crippen molar-refractivity contribution in [3.63, 3.8) is 0 Å². The minimum Gasteiger partial charge on any atom is -0.374 e. The molecule has 2 fully saturated rings. The maximum absolute atomic E-state index is 14.7. The van der Waals surface area contributed by atoms with Crippen molar-refractivity contribution >= 4 is 50.7 Å². The fourth-order valence-electron chi connectivity index (χ4n) is 7.58. The van der Waals surface area contributed by atoms with Gasteiger partial charge in [0.15, 0.2) is 0 Å². The quantitative estimate of drug-likeness (QED) is 0.184. The molecule has 0 radical (unpaired) electrons. The van der Waals surface area contributed by atoms with Crippen LogP contribution in [0.1, 0.15) is 31.2 Å². The van der Waals surface area contributed by atoms with Crippen LogP contribution in [0.2, 0.25) is 0 Å². The number of hydrogen-bond donors (Lipinski definition) is 3. The largest absolute Gasteiger partial charge is 0.418 e. The number of benzene rings is 3. The average Bonchev–Trinajstić information content (AvgIpc) is 3.14. The van der Waals surface area contributed by atoms with Gasteiger partial charge in [-0.2, -0.15) is 13.2 Å². The number of amides is 2. The second-order valence-electron chi connectivity index (χ2n) is 13.8. The van der Waals surface area contributed by atoms with E-state index in [1.807, 2.05) is 42.5 Å². The van der Waals surface area contributed by atoms with E-state index in [4.69, 9.17) is 4.98 Å². The summed E-state index contributed by atoms with van der Waals surface area (Å²) in [6.07, 6.45) is -0.0723. The van der Waals surface area contributed by atoms with E-state index < -0.39 is 11.7 Å². The number of alkyl halides is 3. The Bertz CT molecular complexity index is 2160. The van der Waals surface area contributed by atoms with Crippen molar-refractivity contribution in [1.82, 2.24) is 20.2 Å². The standard InChI is InChI=1S/C39H38F3N7O2/c1-48-14-12-28(13-15-48)45-38(51)23-10-16-49(17-11-23)33-9-7-26(20-30(33)39(40,41)42)35-37-36(44-22-34(50)47-37)29-19-24(6-8-32(29)46-35)27-18-25-4-2-3-5-31(25)43-21-27/h2-9,18-21,23,28,44H,10-17,22H2,1H3,(H,45,51)(H,47,50). The third-order valence-corrected chi connectivity index (χ3v) is 10.4. The Hall–Kier alpha value is -5.23. The van der Waals surface area contributed by atoms with Gasteiger partial charge in [-0.15, -0.1) is 0 Å². The Morgan fingerprint density at radius 2 is 1.63 bits per heavy atom. The van der Waals surface area contributed by atoms with Crippen LogP contribution in [0.5, 0.6) is 0 Å². The predicted molar refractivity (Wildman–Crippen MR) is 194 cm³/mol. The summed E-state index contributed by atoms with van der Waals surface area (Å²) in [5.41, 5.74) is 3.97. The number of hydrogen-bond acceptors (Lipinski definition) is 7. The van der Waals surface area contributed by atoms with E-state index in [2.05, 4.69) is 38.9 Å². The summed E-state index contributed by atoms with van der Waals surface area (Å²) >= 11 is 0. The molecule has 51 heavy (non-hydrogen) atoms. The molecule has 8 rings (SSSR count). The number of carbonyl (C=O) groups excluding carboxylic acids is 2. The first-order valence-corrected chi connectivity index (χ1v) is 17.4. The number of nitrogens with one attached hydrogen (secondary N) is 3. The van der Waals surface area contributed by atoms with Gasteiger partial charge >= 0.3 is 6.18 Å². The van der Waals surface area contributed by atoms with Gasteiger partial charge in [0, 0.05) is 58.8 Å². The third-order valence-electron chi connectivity index (χ3n) is 10.4. The van der Waals surface area contributed by atoms with Gasteiger partial charge in [0.25, 0.3) is 0 Å². The molecule has 3 aliphatic rings. The molecule has 3 aromatic carbocycles. The van der Waals surface area contributed by atoms with Gasteiger partial charge in [0.1, 0.15) is 0 Å². The molecule has 2 saturated heterocycles. The number of anilines is 3. The van der Waals surface area contributed by atoms with Crippen molar-refractivity contribution in [3.8, 4) is 22.4 Å².